The highest BCUT2D eigenvalue weighted by Crippen LogP contribution is 2.37. The largest absolute Gasteiger partial charge is 0.354 e. The molecule has 6 nitrogen and oxygen atoms in total. The van der Waals surface area contributed by atoms with E-state index in [1.807, 2.05) is 13.1 Å². The number of aryl methyl sites for hydroxylation is 2. The van der Waals surface area contributed by atoms with E-state index in [2.05, 4.69) is 39.9 Å². The molecule has 0 amide bonds. The van der Waals surface area contributed by atoms with Crippen LogP contribution in [0, 0.1) is 6.92 Å². The molecule has 2 fully saturated rings. The van der Waals surface area contributed by atoms with E-state index < -0.39 is 0 Å². The van der Waals surface area contributed by atoms with Gasteiger partial charge in [0.25, 0.3) is 0 Å². The Bertz CT molecular complexity index is 876. The summed E-state index contributed by atoms with van der Waals surface area (Å²) in [7, 11) is 2.20. The first-order chi connectivity index (χ1) is 14.7. The van der Waals surface area contributed by atoms with Gasteiger partial charge in [0.05, 0.1) is 17.4 Å². The second-order valence-electron chi connectivity index (χ2n) is 9.28. The van der Waals surface area contributed by atoms with Crippen LogP contribution >= 0.6 is 0 Å². The fraction of sp³-hybridized carbons (Fsp3) is 0.625. The van der Waals surface area contributed by atoms with Crippen LogP contribution in [0.3, 0.4) is 0 Å². The number of fused-ring (bicyclic) bond motifs is 1. The number of pyridine rings is 1. The zero-order valence-corrected chi connectivity index (χ0v) is 18.4. The summed E-state index contributed by atoms with van der Waals surface area (Å²) in [5, 5.41) is 0. The van der Waals surface area contributed by atoms with E-state index in [1.54, 1.807) is 0 Å². The van der Waals surface area contributed by atoms with Gasteiger partial charge in [-0.2, -0.15) is 0 Å². The topological polar surface area (TPSA) is 48.4 Å². The molecule has 5 rings (SSSR count). The van der Waals surface area contributed by atoms with Gasteiger partial charge < -0.3 is 9.80 Å². The van der Waals surface area contributed by atoms with E-state index >= 15 is 0 Å². The lowest BCUT2D eigenvalue weighted by molar-refractivity contribution is 0.130. The Morgan fingerprint density at radius 3 is 2.73 bits per heavy atom. The quantitative estimate of drug-likeness (QED) is 0.780. The molecule has 3 aliphatic rings. The molecular formula is C24H34N6. The summed E-state index contributed by atoms with van der Waals surface area (Å²) in [5.74, 6) is 2.51. The number of hydrogen-bond donors (Lipinski definition) is 0. The molecule has 2 aliphatic heterocycles. The first-order valence-corrected chi connectivity index (χ1v) is 11.6. The molecular weight excluding hydrogens is 372 g/mol. The molecule has 2 aromatic rings. The number of piperazine rings is 1. The van der Waals surface area contributed by atoms with Gasteiger partial charge in [0.1, 0.15) is 11.6 Å². The minimum absolute atomic E-state index is 0.470. The number of anilines is 1. The molecule has 0 radical (unpaired) electrons. The SMILES string of the molecule is Cc1nc(C2CCCN([C@@H]3CCCc4cccnc43)C2)cc(N2CCN(C)CC2)n1. The standard InChI is InChI=1S/C24H34N6/c1-18-26-21(16-23(27-18)29-14-12-28(2)13-15-29)20-8-5-11-30(17-20)22-9-3-6-19-7-4-10-25-24(19)22/h4,7,10,16,20,22H,3,5-6,8-9,11-15,17H2,1-2H3/t20?,22-/m1/s1. The third-order valence-corrected chi connectivity index (χ3v) is 7.15. The van der Waals surface area contributed by atoms with E-state index in [-0.39, 0.29) is 0 Å². The van der Waals surface area contributed by atoms with Crippen LogP contribution in [0.1, 0.15) is 60.4 Å². The molecule has 0 aromatic carbocycles. The van der Waals surface area contributed by atoms with Gasteiger partial charge in [-0.25, -0.2) is 9.97 Å². The van der Waals surface area contributed by atoms with Gasteiger partial charge in [-0.3, -0.25) is 9.88 Å². The maximum atomic E-state index is 4.90. The highest BCUT2D eigenvalue weighted by molar-refractivity contribution is 5.41. The number of likely N-dealkylation sites (tertiary alicyclic amines) is 1. The van der Waals surface area contributed by atoms with Crippen LogP contribution in [-0.4, -0.2) is 71.1 Å². The Balaban J connectivity index is 1.35. The lowest BCUT2D eigenvalue weighted by Gasteiger charge is -2.40. The summed E-state index contributed by atoms with van der Waals surface area (Å²) >= 11 is 0. The molecule has 6 heteroatoms. The molecule has 0 spiro atoms. The number of likely N-dealkylation sites (N-methyl/N-ethyl adjacent to an activating group) is 1. The van der Waals surface area contributed by atoms with E-state index in [4.69, 9.17) is 15.0 Å². The van der Waals surface area contributed by atoms with Crippen molar-refractivity contribution in [1.29, 1.82) is 0 Å². The third kappa shape index (κ3) is 4.08. The number of aromatic nitrogens is 3. The lowest BCUT2D eigenvalue weighted by atomic mass is 9.87. The maximum absolute atomic E-state index is 4.90. The van der Waals surface area contributed by atoms with Gasteiger partial charge in [-0.15, -0.1) is 0 Å². The molecule has 30 heavy (non-hydrogen) atoms. The Labute approximate surface area is 180 Å². The molecule has 4 heterocycles. The predicted octanol–water partition coefficient (Wildman–Crippen LogP) is 3.19. The number of hydrogen-bond acceptors (Lipinski definition) is 6. The monoisotopic (exact) mass is 406 g/mol. The first-order valence-electron chi connectivity index (χ1n) is 11.6. The Kier molecular flexibility index (Phi) is 5.70. The van der Waals surface area contributed by atoms with Crippen LogP contribution < -0.4 is 4.90 Å². The Morgan fingerprint density at radius 1 is 1.00 bits per heavy atom. The zero-order chi connectivity index (χ0) is 20.5. The molecule has 2 saturated heterocycles. The molecule has 2 aromatic heterocycles. The third-order valence-electron chi connectivity index (χ3n) is 7.15. The minimum atomic E-state index is 0.470. The van der Waals surface area contributed by atoms with Gasteiger partial charge >= 0.3 is 0 Å². The second-order valence-corrected chi connectivity index (χ2v) is 9.28. The first kappa shape index (κ1) is 19.9. The van der Waals surface area contributed by atoms with Crippen LogP contribution in [0.15, 0.2) is 24.4 Å². The Hall–Kier alpha value is -2.05. The molecule has 0 bridgehead atoms. The maximum Gasteiger partial charge on any atom is 0.132 e. The number of rotatable bonds is 3. The summed E-state index contributed by atoms with van der Waals surface area (Å²) in [6.45, 7) is 8.60. The van der Waals surface area contributed by atoms with Crippen molar-refractivity contribution >= 4 is 5.82 Å². The van der Waals surface area contributed by atoms with Crippen LogP contribution in [0.4, 0.5) is 5.82 Å². The number of piperidine rings is 1. The van der Waals surface area contributed by atoms with E-state index in [0.29, 0.717) is 12.0 Å². The Morgan fingerprint density at radius 2 is 1.87 bits per heavy atom. The molecule has 0 N–H and O–H groups in total. The minimum Gasteiger partial charge on any atom is -0.354 e. The highest BCUT2D eigenvalue weighted by atomic mass is 15.3. The van der Waals surface area contributed by atoms with Crippen molar-refractivity contribution in [2.75, 3.05) is 51.2 Å². The van der Waals surface area contributed by atoms with Crippen molar-refractivity contribution < 1.29 is 0 Å². The molecule has 2 atom stereocenters. The van der Waals surface area contributed by atoms with Crippen molar-refractivity contribution in [3.05, 3.63) is 47.2 Å². The van der Waals surface area contributed by atoms with Gasteiger partial charge in [0, 0.05) is 50.9 Å². The van der Waals surface area contributed by atoms with E-state index in [0.717, 1.165) is 44.4 Å². The van der Waals surface area contributed by atoms with Crippen molar-refractivity contribution in [3.8, 4) is 0 Å². The van der Waals surface area contributed by atoms with E-state index in [9.17, 15) is 0 Å². The molecule has 0 saturated carbocycles. The van der Waals surface area contributed by atoms with Crippen LogP contribution in [0.5, 0.6) is 0 Å². The second kappa shape index (κ2) is 8.60. The molecule has 160 valence electrons. The lowest BCUT2D eigenvalue weighted by Crippen LogP contribution is -2.45. The van der Waals surface area contributed by atoms with Crippen molar-refractivity contribution in [1.82, 2.24) is 24.8 Å². The predicted molar refractivity (Wildman–Crippen MR) is 120 cm³/mol. The van der Waals surface area contributed by atoms with Gasteiger partial charge in [-0.05, 0) is 64.3 Å². The van der Waals surface area contributed by atoms with Crippen molar-refractivity contribution in [2.24, 2.45) is 0 Å². The van der Waals surface area contributed by atoms with Gasteiger partial charge in [0.2, 0.25) is 0 Å². The normalized spacial score (nSPS) is 25.9. The molecule has 1 unspecified atom stereocenters. The average molecular weight is 407 g/mol. The summed E-state index contributed by atoms with van der Waals surface area (Å²) in [4.78, 5) is 22.0. The number of nitrogens with zero attached hydrogens (tertiary/aromatic N) is 6. The highest BCUT2D eigenvalue weighted by Gasteiger charge is 2.32. The average Bonchev–Trinajstić information content (AvgIpc) is 2.79. The summed E-state index contributed by atoms with van der Waals surface area (Å²) in [6.07, 6.45) is 8.09. The van der Waals surface area contributed by atoms with Gasteiger partial charge in [-0.1, -0.05) is 6.07 Å². The van der Waals surface area contributed by atoms with Gasteiger partial charge in [0.15, 0.2) is 0 Å². The smallest absolute Gasteiger partial charge is 0.132 e. The fourth-order valence-electron chi connectivity index (χ4n) is 5.45. The van der Waals surface area contributed by atoms with Crippen molar-refractivity contribution in [3.63, 3.8) is 0 Å². The fourth-order valence-corrected chi connectivity index (χ4v) is 5.45. The summed E-state index contributed by atoms with van der Waals surface area (Å²) < 4.78 is 0. The van der Waals surface area contributed by atoms with Crippen LogP contribution in [0.2, 0.25) is 0 Å². The van der Waals surface area contributed by atoms with E-state index in [1.165, 1.54) is 55.6 Å². The summed E-state index contributed by atoms with van der Waals surface area (Å²) in [6, 6.07) is 7.10. The van der Waals surface area contributed by atoms with Crippen LogP contribution in [0.25, 0.3) is 0 Å². The molecule has 1 aliphatic carbocycles. The van der Waals surface area contributed by atoms with Crippen molar-refractivity contribution in [2.45, 2.75) is 51.0 Å². The zero-order valence-electron chi connectivity index (χ0n) is 18.4. The van der Waals surface area contributed by atoms with Crippen LogP contribution in [-0.2, 0) is 6.42 Å². The summed E-state index contributed by atoms with van der Waals surface area (Å²) in [5.41, 5.74) is 4.01.